The zero-order valence-electron chi connectivity index (χ0n) is 16.2. The third-order valence-corrected chi connectivity index (χ3v) is 5.18. The molecular formula is C23H30ClNO2. The highest BCUT2D eigenvalue weighted by Crippen LogP contribution is 2.26. The highest BCUT2D eigenvalue weighted by atomic mass is 35.5. The van der Waals surface area contributed by atoms with E-state index in [4.69, 9.17) is 4.74 Å². The molecule has 0 fully saturated rings. The Morgan fingerprint density at radius 3 is 2.67 bits per heavy atom. The summed E-state index contributed by atoms with van der Waals surface area (Å²) < 4.78 is 5.93. The van der Waals surface area contributed by atoms with E-state index in [0.29, 0.717) is 12.5 Å². The first-order valence-electron chi connectivity index (χ1n) is 9.72. The number of rotatable bonds is 7. The van der Waals surface area contributed by atoms with Gasteiger partial charge in [-0.25, -0.2) is 0 Å². The van der Waals surface area contributed by atoms with Crippen LogP contribution in [0.1, 0.15) is 49.8 Å². The van der Waals surface area contributed by atoms with Crippen LogP contribution in [0.4, 0.5) is 0 Å². The maximum absolute atomic E-state index is 11.7. The van der Waals surface area contributed by atoms with Crippen molar-refractivity contribution in [2.45, 2.75) is 64.6 Å². The molecule has 0 bridgehead atoms. The van der Waals surface area contributed by atoms with Crippen LogP contribution < -0.4 is 10.1 Å². The number of halogens is 1. The van der Waals surface area contributed by atoms with Crippen LogP contribution in [0.15, 0.2) is 48.5 Å². The van der Waals surface area contributed by atoms with Gasteiger partial charge in [0.1, 0.15) is 5.75 Å². The molecule has 0 amide bonds. The monoisotopic (exact) mass is 387 g/mol. The minimum absolute atomic E-state index is 0. The van der Waals surface area contributed by atoms with Gasteiger partial charge in [-0.1, -0.05) is 43.3 Å². The predicted molar refractivity (Wildman–Crippen MR) is 113 cm³/mol. The number of nitrogens with one attached hydrogen (secondary N) is 1. The first kappa shape index (κ1) is 21.5. The summed E-state index contributed by atoms with van der Waals surface area (Å²) in [5, 5.41) is 3.71. The van der Waals surface area contributed by atoms with Gasteiger partial charge in [-0.3, -0.25) is 4.79 Å². The number of hydrogen-bond donors (Lipinski definition) is 1. The van der Waals surface area contributed by atoms with Crippen molar-refractivity contribution in [3.05, 3.63) is 65.2 Å². The van der Waals surface area contributed by atoms with Crippen molar-refractivity contribution in [2.24, 2.45) is 0 Å². The topological polar surface area (TPSA) is 38.3 Å². The van der Waals surface area contributed by atoms with Crippen molar-refractivity contribution in [3.63, 3.8) is 0 Å². The van der Waals surface area contributed by atoms with Gasteiger partial charge in [0.15, 0.2) is 11.9 Å². The van der Waals surface area contributed by atoms with Crippen LogP contribution in [-0.4, -0.2) is 17.9 Å². The lowest BCUT2D eigenvalue weighted by Crippen LogP contribution is -2.30. The van der Waals surface area contributed by atoms with Gasteiger partial charge in [0.05, 0.1) is 0 Å². The summed E-state index contributed by atoms with van der Waals surface area (Å²) >= 11 is 0. The first-order valence-corrected chi connectivity index (χ1v) is 9.72. The molecule has 3 nitrogen and oxygen atoms in total. The summed E-state index contributed by atoms with van der Waals surface area (Å²) in [6.07, 6.45) is 4.87. The van der Waals surface area contributed by atoms with E-state index < -0.39 is 0 Å². The highest BCUT2D eigenvalue weighted by Gasteiger charge is 2.19. The van der Waals surface area contributed by atoms with Crippen molar-refractivity contribution in [2.75, 3.05) is 0 Å². The second-order valence-electron chi connectivity index (χ2n) is 7.22. The van der Waals surface area contributed by atoms with Crippen LogP contribution in [-0.2, 0) is 24.2 Å². The van der Waals surface area contributed by atoms with E-state index in [9.17, 15) is 4.79 Å². The second-order valence-corrected chi connectivity index (χ2v) is 7.22. The zero-order chi connectivity index (χ0) is 18.4. The standard InChI is InChI=1S/C23H29NO2.ClH/c1-3-23(17(2)25)26-22-13-12-19-10-7-11-21(14-20(19)15-22)24-16-18-8-5-4-6-9-18;/h4-6,8-9,12-13,15,21,23-24H,3,7,10-11,14,16H2,1-2H3;1H. The Balaban J connectivity index is 0.00000261. The number of ether oxygens (including phenoxy) is 1. The molecule has 0 radical (unpaired) electrons. The Morgan fingerprint density at radius 2 is 1.96 bits per heavy atom. The predicted octanol–water partition coefficient (Wildman–Crippen LogP) is 4.89. The van der Waals surface area contributed by atoms with E-state index in [0.717, 1.165) is 25.1 Å². The first-order chi connectivity index (χ1) is 12.7. The molecule has 0 spiro atoms. The molecule has 0 saturated carbocycles. The molecule has 2 atom stereocenters. The minimum atomic E-state index is -0.342. The Hall–Kier alpha value is -1.84. The fraction of sp³-hybridized carbons (Fsp3) is 0.435. The van der Waals surface area contributed by atoms with E-state index >= 15 is 0 Å². The van der Waals surface area contributed by atoms with Crippen LogP contribution in [0.25, 0.3) is 0 Å². The van der Waals surface area contributed by atoms with E-state index in [1.807, 2.05) is 13.0 Å². The molecule has 1 N–H and O–H groups in total. The number of carbonyl (C=O) groups is 1. The highest BCUT2D eigenvalue weighted by molar-refractivity contribution is 5.85. The molecule has 0 aromatic heterocycles. The average Bonchev–Trinajstić information content (AvgIpc) is 2.86. The number of aryl methyl sites for hydroxylation is 1. The summed E-state index contributed by atoms with van der Waals surface area (Å²) in [7, 11) is 0. The van der Waals surface area contributed by atoms with Crippen molar-refractivity contribution < 1.29 is 9.53 Å². The molecular weight excluding hydrogens is 358 g/mol. The molecule has 27 heavy (non-hydrogen) atoms. The maximum atomic E-state index is 11.7. The van der Waals surface area contributed by atoms with Crippen LogP contribution in [0.5, 0.6) is 5.75 Å². The number of fused-ring (bicyclic) bond motifs is 1. The van der Waals surface area contributed by atoms with E-state index in [2.05, 4.69) is 47.8 Å². The number of carbonyl (C=O) groups excluding carboxylic acids is 1. The normalized spacial score (nSPS) is 17.2. The number of benzene rings is 2. The van der Waals surface area contributed by atoms with Crippen molar-refractivity contribution >= 4 is 18.2 Å². The van der Waals surface area contributed by atoms with Gasteiger partial charge >= 0.3 is 0 Å². The van der Waals surface area contributed by atoms with E-state index in [-0.39, 0.29) is 24.3 Å². The molecule has 3 rings (SSSR count). The molecule has 0 heterocycles. The largest absolute Gasteiger partial charge is 0.483 e. The van der Waals surface area contributed by atoms with Gasteiger partial charge in [-0.2, -0.15) is 0 Å². The Morgan fingerprint density at radius 1 is 1.19 bits per heavy atom. The zero-order valence-corrected chi connectivity index (χ0v) is 17.1. The fourth-order valence-corrected chi connectivity index (χ4v) is 3.67. The molecule has 0 saturated heterocycles. The summed E-state index contributed by atoms with van der Waals surface area (Å²) in [5.41, 5.74) is 4.09. The quantitative estimate of drug-likeness (QED) is 0.687. The van der Waals surface area contributed by atoms with Crippen LogP contribution in [0, 0.1) is 0 Å². The van der Waals surface area contributed by atoms with Gasteiger partial charge in [-0.15, -0.1) is 12.4 Å². The Labute approximate surface area is 168 Å². The lowest BCUT2D eigenvalue weighted by Gasteiger charge is -2.19. The number of ketones is 1. The molecule has 2 aromatic rings. The lowest BCUT2D eigenvalue weighted by molar-refractivity contribution is -0.123. The van der Waals surface area contributed by atoms with Crippen LogP contribution in [0.2, 0.25) is 0 Å². The van der Waals surface area contributed by atoms with Gasteiger partial charge in [0.25, 0.3) is 0 Å². The Bertz CT molecular complexity index is 732. The second kappa shape index (κ2) is 10.5. The third-order valence-electron chi connectivity index (χ3n) is 5.18. The van der Waals surface area contributed by atoms with Crippen molar-refractivity contribution in [1.82, 2.24) is 5.32 Å². The molecule has 4 heteroatoms. The molecule has 1 aliphatic rings. The van der Waals surface area contributed by atoms with Crippen molar-refractivity contribution in [3.8, 4) is 5.75 Å². The number of hydrogen-bond acceptors (Lipinski definition) is 3. The lowest BCUT2D eigenvalue weighted by atomic mass is 10.0. The molecule has 2 aromatic carbocycles. The van der Waals surface area contributed by atoms with Crippen LogP contribution >= 0.6 is 12.4 Å². The van der Waals surface area contributed by atoms with Crippen molar-refractivity contribution in [1.29, 1.82) is 0 Å². The summed E-state index contributed by atoms with van der Waals surface area (Å²) in [6.45, 7) is 4.49. The average molecular weight is 388 g/mol. The van der Waals surface area contributed by atoms with Gasteiger partial charge in [0.2, 0.25) is 0 Å². The van der Waals surface area contributed by atoms with Gasteiger partial charge in [-0.05, 0) is 67.9 Å². The van der Waals surface area contributed by atoms with E-state index in [1.54, 1.807) is 6.92 Å². The summed E-state index contributed by atoms with van der Waals surface area (Å²) in [5.74, 6) is 0.902. The summed E-state index contributed by atoms with van der Waals surface area (Å²) in [6, 6.07) is 17.4. The van der Waals surface area contributed by atoms with Crippen LogP contribution in [0.3, 0.4) is 0 Å². The minimum Gasteiger partial charge on any atom is -0.483 e. The Kier molecular flexibility index (Phi) is 8.33. The fourth-order valence-electron chi connectivity index (χ4n) is 3.67. The van der Waals surface area contributed by atoms with E-state index in [1.165, 1.54) is 29.5 Å². The molecule has 146 valence electrons. The summed E-state index contributed by atoms with van der Waals surface area (Å²) in [4.78, 5) is 11.7. The van der Waals surface area contributed by atoms with Gasteiger partial charge < -0.3 is 10.1 Å². The molecule has 1 aliphatic carbocycles. The third kappa shape index (κ3) is 6.08. The molecule has 0 aliphatic heterocycles. The molecule has 2 unspecified atom stereocenters. The SMILES string of the molecule is CCC(Oc1ccc2c(c1)CC(NCc1ccccc1)CCC2)C(C)=O.Cl. The smallest absolute Gasteiger partial charge is 0.170 e. The van der Waals surface area contributed by atoms with Gasteiger partial charge in [0, 0.05) is 12.6 Å². The maximum Gasteiger partial charge on any atom is 0.170 e. The number of Topliss-reactive ketones (excluding diaryl/α,β-unsaturated/α-hetero) is 1.